The van der Waals surface area contributed by atoms with Crippen molar-refractivity contribution < 1.29 is 4.84 Å². The van der Waals surface area contributed by atoms with E-state index in [0.717, 1.165) is 33.5 Å². The van der Waals surface area contributed by atoms with E-state index >= 15 is 0 Å². The Morgan fingerprint density at radius 3 is 2.54 bits per heavy atom. The second-order valence-electron chi connectivity index (χ2n) is 6.83. The van der Waals surface area contributed by atoms with E-state index in [1.54, 1.807) is 4.73 Å². The van der Waals surface area contributed by atoms with E-state index in [1.165, 1.54) is 0 Å². The molecule has 0 spiro atoms. The molecular formula is C24H18N2O2. The van der Waals surface area contributed by atoms with Crippen LogP contribution in [0.25, 0.3) is 33.3 Å². The number of nitrogens with one attached hydrogen (secondary N) is 1. The Kier molecular flexibility index (Phi) is 3.76. The molecular weight excluding hydrogens is 348 g/mol. The Balaban J connectivity index is 1.81. The minimum atomic E-state index is -0.00927. The molecule has 1 aliphatic carbocycles. The van der Waals surface area contributed by atoms with Gasteiger partial charge in [-0.25, -0.2) is 0 Å². The summed E-state index contributed by atoms with van der Waals surface area (Å²) in [7, 11) is 0. The van der Waals surface area contributed by atoms with Gasteiger partial charge < -0.3 is 9.82 Å². The molecule has 136 valence electrons. The SMILES string of the molecule is Cc1ccccc1On1c2ccc(-c3cc[nH]c3)c(=O)c-2cc2ccccc21. The maximum Gasteiger partial charge on any atom is 0.195 e. The summed E-state index contributed by atoms with van der Waals surface area (Å²) >= 11 is 0. The molecule has 1 aliphatic heterocycles. The predicted octanol–water partition coefficient (Wildman–Crippen LogP) is 5.25. The van der Waals surface area contributed by atoms with Gasteiger partial charge in [0.05, 0.1) is 16.8 Å². The number of benzene rings is 3. The second kappa shape index (κ2) is 6.43. The van der Waals surface area contributed by atoms with E-state index in [9.17, 15) is 4.79 Å². The van der Waals surface area contributed by atoms with Gasteiger partial charge in [-0.1, -0.05) is 36.4 Å². The van der Waals surface area contributed by atoms with Crippen LogP contribution in [0.5, 0.6) is 5.75 Å². The van der Waals surface area contributed by atoms with Gasteiger partial charge in [-0.15, -0.1) is 0 Å². The van der Waals surface area contributed by atoms with Crippen molar-refractivity contribution in [3.8, 4) is 28.1 Å². The zero-order chi connectivity index (χ0) is 19.1. The monoisotopic (exact) mass is 366 g/mol. The molecule has 0 bridgehead atoms. The molecule has 2 heterocycles. The molecule has 1 aromatic heterocycles. The summed E-state index contributed by atoms with van der Waals surface area (Å²) in [5, 5.41) is 0.951. The molecule has 0 saturated heterocycles. The van der Waals surface area contributed by atoms with E-state index < -0.39 is 0 Å². The van der Waals surface area contributed by atoms with Crippen LogP contribution in [-0.4, -0.2) is 9.71 Å². The van der Waals surface area contributed by atoms with Crippen molar-refractivity contribution in [3.63, 3.8) is 0 Å². The zero-order valence-corrected chi connectivity index (χ0v) is 15.3. The van der Waals surface area contributed by atoms with Crippen molar-refractivity contribution in [2.45, 2.75) is 6.92 Å². The third-order valence-electron chi connectivity index (χ3n) is 5.04. The minimum Gasteiger partial charge on any atom is -0.374 e. The second-order valence-corrected chi connectivity index (χ2v) is 6.83. The topological polar surface area (TPSA) is 47.0 Å². The van der Waals surface area contributed by atoms with E-state index in [-0.39, 0.29) is 5.43 Å². The van der Waals surface area contributed by atoms with Crippen LogP contribution in [0, 0.1) is 6.92 Å². The molecule has 28 heavy (non-hydrogen) atoms. The number of H-pyrrole nitrogens is 1. The van der Waals surface area contributed by atoms with Gasteiger partial charge >= 0.3 is 0 Å². The lowest BCUT2D eigenvalue weighted by atomic mass is 9.99. The number of aromatic nitrogens is 2. The normalized spacial score (nSPS) is 11.2. The van der Waals surface area contributed by atoms with Gasteiger partial charge in [-0.05, 0) is 48.9 Å². The first kappa shape index (κ1) is 16.4. The number of rotatable bonds is 3. The van der Waals surface area contributed by atoms with Crippen molar-refractivity contribution in [2.24, 2.45) is 0 Å². The van der Waals surface area contributed by atoms with Crippen LogP contribution in [0.1, 0.15) is 5.56 Å². The predicted molar refractivity (Wildman–Crippen MR) is 112 cm³/mol. The molecule has 2 aliphatic rings. The van der Waals surface area contributed by atoms with E-state index in [1.807, 2.05) is 92.1 Å². The van der Waals surface area contributed by atoms with Crippen molar-refractivity contribution >= 4 is 10.9 Å². The number of fused-ring (bicyclic) bond motifs is 2. The lowest BCUT2D eigenvalue weighted by Gasteiger charge is -2.20. The smallest absolute Gasteiger partial charge is 0.195 e. The quantitative estimate of drug-likeness (QED) is 0.443. The number of hydrogen-bond donors (Lipinski definition) is 1. The van der Waals surface area contributed by atoms with Crippen LogP contribution in [0.4, 0.5) is 0 Å². The van der Waals surface area contributed by atoms with Gasteiger partial charge in [0.25, 0.3) is 0 Å². The molecule has 0 radical (unpaired) electrons. The number of pyridine rings is 1. The Morgan fingerprint density at radius 1 is 0.893 bits per heavy atom. The average Bonchev–Trinajstić information content (AvgIpc) is 3.25. The molecule has 4 nitrogen and oxygen atoms in total. The Morgan fingerprint density at radius 2 is 1.71 bits per heavy atom. The summed E-state index contributed by atoms with van der Waals surface area (Å²) < 4.78 is 1.76. The maximum absolute atomic E-state index is 13.3. The first-order valence-corrected chi connectivity index (χ1v) is 9.17. The first-order chi connectivity index (χ1) is 13.7. The Hall–Kier alpha value is -3.79. The van der Waals surface area contributed by atoms with Crippen LogP contribution in [0.15, 0.2) is 90.0 Å². The molecule has 0 unspecified atom stereocenters. The summed E-state index contributed by atoms with van der Waals surface area (Å²) in [6.45, 7) is 2.01. The van der Waals surface area contributed by atoms with Crippen molar-refractivity contribution in [1.29, 1.82) is 0 Å². The summed E-state index contributed by atoms with van der Waals surface area (Å²) in [6, 6.07) is 23.4. The molecule has 0 amide bonds. The molecule has 5 rings (SSSR count). The van der Waals surface area contributed by atoms with Crippen molar-refractivity contribution in [1.82, 2.24) is 9.71 Å². The van der Waals surface area contributed by atoms with E-state index in [0.29, 0.717) is 11.1 Å². The lowest BCUT2D eigenvalue weighted by molar-refractivity contribution is 0.230. The standard InChI is InChI=1S/C24H18N2O2/c1-16-6-2-5-9-23(16)28-26-21-8-4-3-7-17(21)14-20-22(26)11-10-19(24(20)27)18-12-13-25-15-18/h2-15,25H,1H3. The van der Waals surface area contributed by atoms with Crippen LogP contribution in [0.2, 0.25) is 0 Å². The summed E-state index contributed by atoms with van der Waals surface area (Å²) in [5.74, 6) is 0.757. The minimum absolute atomic E-state index is 0.00927. The van der Waals surface area contributed by atoms with Gasteiger partial charge in [0.2, 0.25) is 0 Å². The highest BCUT2D eigenvalue weighted by atomic mass is 16.7. The summed E-state index contributed by atoms with van der Waals surface area (Å²) in [4.78, 5) is 22.6. The molecule has 0 fully saturated rings. The number of para-hydroxylation sites is 2. The molecule has 1 N–H and O–H groups in total. The van der Waals surface area contributed by atoms with E-state index in [4.69, 9.17) is 4.84 Å². The number of nitrogens with zero attached hydrogens (tertiary/aromatic N) is 1. The van der Waals surface area contributed by atoms with Gasteiger partial charge in [-0.2, -0.15) is 4.73 Å². The van der Waals surface area contributed by atoms with Gasteiger partial charge in [-0.3, -0.25) is 4.79 Å². The largest absolute Gasteiger partial charge is 0.374 e. The first-order valence-electron chi connectivity index (χ1n) is 9.17. The Labute approximate surface area is 161 Å². The number of aromatic amines is 1. The fourth-order valence-corrected chi connectivity index (χ4v) is 3.56. The molecule has 4 heteroatoms. The summed E-state index contributed by atoms with van der Waals surface area (Å²) in [5.41, 5.74) is 4.86. The maximum atomic E-state index is 13.3. The highest BCUT2D eigenvalue weighted by molar-refractivity contribution is 5.87. The number of hydrogen-bond acceptors (Lipinski definition) is 2. The Bertz CT molecular complexity index is 1320. The third kappa shape index (κ3) is 2.58. The number of aryl methyl sites for hydroxylation is 1. The average molecular weight is 366 g/mol. The third-order valence-corrected chi connectivity index (χ3v) is 5.04. The van der Waals surface area contributed by atoms with Gasteiger partial charge in [0, 0.05) is 28.9 Å². The zero-order valence-electron chi connectivity index (χ0n) is 15.3. The van der Waals surface area contributed by atoms with Crippen LogP contribution in [-0.2, 0) is 0 Å². The molecule has 0 atom stereocenters. The van der Waals surface area contributed by atoms with Gasteiger partial charge in [0.1, 0.15) is 0 Å². The summed E-state index contributed by atoms with van der Waals surface area (Å²) in [6.07, 6.45) is 3.66. The lowest BCUT2D eigenvalue weighted by Crippen LogP contribution is -2.17. The van der Waals surface area contributed by atoms with Crippen LogP contribution in [0.3, 0.4) is 0 Å². The van der Waals surface area contributed by atoms with Crippen LogP contribution < -0.4 is 10.3 Å². The molecule has 2 aromatic carbocycles. The molecule has 3 aromatic rings. The molecule has 0 saturated carbocycles. The van der Waals surface area contributed by atoms with E-state index in [2.05, 4.69) is 4.98 Å². The highest BCUT2D eigenvalue weighted by Crippen LogP contribution is 2.30. The fourth-order valence-electron chi connectivity index (χ4n) is 3.56. The highest BCUT2D eigenvalue weighted by Gasteiger charge is 2.18. The van der Waals surface area contributed by atoms with Crippen molar-refractivity contribution in [3.05, 3.63) is 101 Å². The van der Waals surface area contributed by atoms with Crippen molar-refractivity contribution in [2.75, 3.05) is 0 Å². The van der Waals surface area contributed by atoms with Crippen LogP contribution >= 0.6 is 0 Å². The fraction of sp³-hybridized carbons (Fsp3) is 0.0417. The van der Waals surface area contributed by atoms with Gasteiger partial charge in [0.15, 0.2) is 11.2 Å².